The number of carbonyl (C=O) groups is 2. The van der Waals surface area contributed by atoms with Crippen molar-refractivity contribution in [3.8, 4) is 0 Å². The summed E-state index contributed by atoms with van der Waals surface area (Å²) < 4.78 is 0. The summed E-state index contributed by atoms with van der Waals surface area (Å²) >= 11 is 1.48. The van der Waals surface area contributed by atoms with Crippen LogP contribution in [0.25, 0.3) is 0 Å². The first kappa shape index (κ1) is 18.1. The molecule has 1 fully saturated rings. The summed E-state index contributed by atoms with van der Waals surface area (Å²) in [6, 6.07) is 3.77. The molecule has 3 N–H and O–H groups in total. The standard InChI is InChI=1S/C19H26N2O3S/c22-17(20-11-10-14-5-2-1-3-6-14)18(23)21-13-19(24,15-8-9-15)16-7-4-12-25-16/h4-5,7,12,15,24H,1-3,6,8-11,13H2,(H,20,22)(H,21,23)/t19-/m1/s1. The van der Waals surface area contributed by atoms with Crippen LogP contribution in [0.4, 0.5) is 0 Å². The first-order valence-electron chi connectivity index (χ1n) is 9.10. The lowest BCUT2D eigenvalue weighted by molar-refractivity contribution is -0.140. The molecule has 5 nitrogen and oxygen atoms in total. The zero-order valence-electron chi connectivity index (χ0n) is 14.4. The van der Waals surface area contributed by atoms with Crippen molar-refractivity contribution in [1.82, 2.24) is 10.6 Å². The lowest BCUT2D eigenvalue weighted by atomic mass is 9.95. The van der Waals surface area contributed by atoms with Gasteiger partial charge in [0.25, 0.3) is 0 Å². The maximum absolute atomic E-state index is 12.0. The number of hydrogen-bond acceptors (Lipinski definition) is 4. The number of nitrogens with one attached hydrogen (secondary N) is 2. The molecular formula is C19H26N2O3S. The van der Waals surface area contributed by atoms with E-state index in [1.165, 1.54) is 29.8 Å². The predicted molar refractivity (Wildman–Crippen MR) is 98.1 cm³/mol. The molecule has 25 heavy (non-hydrogen) atoms. The number of allylic oxidation sites excluding steroid dienone is 1. The zero-order valence-corrected chi connectivity index (χ0v) is 15.2. The van der Waals surface area contributed by atoms with Crippen molar-refractivity contribution in [3.63, 3.8) is 0 Å². The fourth-order valence-electron chi connectivity index (χ4n) is 3.36. The smallest absolute Gasteiger partial charge is 0.309 e. The lowest BCUT2D eigenvalue weighted by Gasteiger charge is -2.27. The Bertz CT molecular complexity index is 637. The number of thiophene rings is 1. The normalized spacial score (nSPS) is 19.6. The van der Waals surface area contributed by atoms with E-state index in [1.54, 1.807) is 0 Å². The van der Waals surface area contributed by atoms with Crippen molar-refractivity contribution in [2.75, 3.05) is 13.1 Å². The van der Waals surface area contributed by atoms with Gasteiger partial charge >= 0.3 is 11.8 Å². The highest BCUT2D eigenvalue weighted by molar-refractivity contribution is 7.10. The van der Waals surface area contributed by atoms with E-state index in [0.717, 1.165) is 37.0 Å². The van der Waals surface area contributed by atoms with Gasteiger partial charge < -0.3 is 15.7 Å². The van der Waals surface area contributed by atoms with Gasteiger partial charge in [-0.25, -0.2) is 0 Å². The van der Waals surface area contributed by atoms with Crippen LogP contribution in [0.5, 0.6) is 0 Å². The van der Waals surface area contributed by atoms with Gasteiger partial charge in [-0.2, -0.15) is 0 Å². The number of carbonyl (C=O) groups excluding carboxylic acids is 2. The molecule has 6 heteroatoms. The van der Waals surface area contributed by atoms with Crippen LogP contribution in [-0.2, 0) is 15.2 Å². The van der Waals surface area contributed by atoms with Gasteiger partial charge in [-0.3, -0.25) is 9.59 Å². The van der Waals surface area contributed by atoms with Crippen molar-refractivity contribution in [2.24, 2.45) is 5.92 Å². The second kappa shape index (κ2) is 8.15. The van der Waals surface area contributed by atoms with E-state index in [0.29, 0.717) is 6.54 Å². The van der Waals surface area contributed by atoms with Crippen LogP contribution >= 0.6 is 11.3 Å². The Labute approximate surface area is 152 Å². The third-order valence-electron chi connectivity index (χ3n) is 5.04. The predicted octanol–water partition coefficient (Wildman–Crippen LogP) is 2.47. The van der Waals surface area contributed by atoms with Crippen LogP contribution in [-0.4, -0.2) is 30.0 Å². The third-order valence-corrected chi connectivity index (χ3v) is 6.08. The van der Waals surface area contributed by atoms with Crippen LogP contribution < -0.4 is 10.6 Å². The van der Waals surface area contributed by atoms with Gasteiger partial charge in [0.2, 0.25) is 0 Å². The number of amides is 2. The Kier molecular flexibility index (Phi) is 5.91. The van der Waals surface area contributed by atoms with Crippen LogP contribution in [0.15, 0.2) is 29.2 Å². The molecule has 0 spiro atoms. The summed E-state index contributed by atoms with van der Waals surface area (Å²) in [5, 5.41) is 18.1. The van der Waals surface area contributed by atoms with Gasteiger partial charge in [-0.05, 0) is 62.3 Å². The fourth-order valence-corrected chi connectivity index (χ4v) is 4.27. The molecule has 1 aromatic rings. The molecule has 0 saturated heterocycles. The average molecular weight is 362 g/mol. The molecule has 0 radical (unpaired) electrons. The van der Waals surface area contributed by atoms with Gasteiger partial charge in [0.05, 0.1) is 6.54 Å². The van der Waals surface area contributed by atoms with Crippen LogP contribution in [0.2, 0.25) is 0 Å². The summed E-state index contributed by atoms with van der Waals surface area (Å²) in [4.78, 5) is 24.8. The highest BCUT2D eigenvalue weighted by Gasteiger charge is 2.46. The van der Waals surface area contributed by atoms with Crippen molar-refractivity contribution in [3.05, 3.63) is 34.0 Å². The van der Waals surface area contributed by atoms with E-state index in [-0.39, 0.29) is 12.5 Å². The molecular weight excluding hydrogens is 336 g/mol. The largest absolute Gasteiger partial charge is 0.382 e. The van der Waals surface area contributed by atoms with E-state index in [2.05, 4.69) is 16.7 Å². The van der Waals surface area contributed by atoms with Crippen molar-refractivity contribution < 1.29 is 14.7 Å². The number of aliphatic hydroxyl groups is 1. The quantitative estimate of drug-likeness (QED) is 0.515. The maximum Gasteiger partial charge on any atom is 0.309 e. The Hall–Kier alpha value is -1.66. The molecule has 2 aliphatic carbocycles. The maximum atomic E-state index is 12.0. The fraction of sp³-hybridized carbons (Fsp3) is 0.579. The summed E-state index contributed by atoms with van der Waals surface area (Å²) in [6.45, 7) is 0.561. The molecule has 3 rings (SSSR count). The van der Waals surface area contributed by atoms with Crippen molar-refractivity contribution >= 4 is 23.2 Å². The Morgan fingerprint density at radius 2 is 2.04 bits per heavy atom. The first-order valence-corrected chi connectivity index (χ1v) is 9.98. The minimum Gasteiger partial charge on any atom is -0.382 e. The van der Waals surface area contributed by atoms with Gasteiger partial charge in [0.15, 0.2) is 0 Å². The van der Waals surface area contributed by atoms with E-state index in [1.807, 2.05) is 17.5 Å². The Morgan fingerprint density at radius 3 is 2.68 bits per heavy atom. The molecule has 2 aliphatic rings. The number of hydrogen-bond donors (Lipinski definition) is 3. The summed E-state index contributed by atoms with van der Waals surface area (Å²) in [7, 11) is 0. The topological polar surface area (TPSA) is 78.4 Å². The zero-order chi connectivity index (χ0) is 17.7. The minimum absolute atomic E-state index is 0.0790. The summed E-state index contributed by atoms with van der Waals surface area (Å²) in [5.74, 6) is -1.14. The van der Waals surface area contributed by atoms with E-state index < -0.39 is 17.4 Å². The molecule has 1 heterocycles. The van der Waals surface area contributed by atoms with E-state index >= 15 is 0 Å². The van der Waals surface area contributed by atoms with Gasteiger partial charge in [0, 0.05) is 11.4 Å². The number of rotatable bonds is 7. The first-order chi connectivity index (χ1) is 12.1. The molecule has 1 aromatic heterocycles. The highest BCUT2D eigenvalue weighted by Crippen LogP contribution is 2.46. The Morgan fingerprint density at radius 1 is 1.24 bits per heavy atom. The van der Waals surface area contributed by atoms with Crippen LogP contribution in [0.3, 0.4) is 0 Å². The molecule has 0 bridgehead atoms. The molecule has 2 amide bonds. The highest BCUT2D eigenvalue weighted by atomic mass is 32.1. The van der Waals surface area contributed by atoms with Gasteiger partial charge in [-0.15, -0.1) is 11.3 Å². The van der Waals surface area contributed by atoms with Crippen molar-refractivity contribution in [2.45, 2.75) is 50.5 Å². The average Bonchev–Trinajstić information content (AvgIpc) is 3.35. The molecule has 0 aliphatic heterocycles. The van der Waals surface area contributed by atoms with Crippen LogP contribution in [0.1, 0.15) is 49.8 Å². The Balaban J connectivity index is 1.44. The van der Waals surface area contributed by atoms with E-state index in [4.69, 9.17) is 0 Å². The van der Waals surface area contributed by atoms with Crippen molar-refractivity contribution in [1.29, 1.82) is 0 Å². The summed E-state index contributed by atoms with van der Waals surface area (Å²) in [5.41, 5.74) is 0.310. The van der Waals surface area contributed by atoms with Crippen LogP contribution in [0, 0.1) is 5.92 Å². The molecule has 1 atom stereocenters. The van der Waals surface area contributed by atoms with Gasteiger partial charge in [-0.1, -0.05) is 17.7 Å². The second-order valence-electron chi connectivity index (χ2n) is 6.97. The molecule has 0 unspecified atom stereocenters. The molecule has 136 valence electrons. The monoisotopic (exact) mass is 362 g/mol. The van der Waals surface area contributed by atoms with E-state index in [9.17, 15) is 14.7 Å². The minimum atomic E-state index is -1.06. The van der Waals surface area contributed by atoms with Gasteiger partial charge in [0.1, 0.15) is 5.60 Å². The lowest BCUT2D eigenvalue weighted by Crippen LogP contribution is -2.47. The SMILES string of the molecule is O=C(NCCC1=CCCCC1)C(=O)NC[C@](O)(c1cccs1)C1CC1. The third kappa shape index (κ3) is 4.70. The summed E-state index contributed by atoms with van der Waals surface area (Å²) in [6.07, 6.45) is 9.61. The second-order valence-corrected chi connectivity index (χ2v) is 7.92. The molecule has 0 aromatic carbocycles. The molecule has 1 saturated carbocycles.